The van der Waals surface area contributed by atoms with Gasteiger partial charge in [0.1, 0.15) is 30.1 Å². The van der Waals surface area contributed by atoms with Gasteiger partial charge < -0.3 is 10.1 Å². The maximum Gasteiger partial charge on any atom is 0.411 e. The minimum Gasteiger partial charge on any atom is -0.448 e. The van der Waals surface area contributed by atoms with Gasteiger partial charge in [0.15, 0.2) is 15.7 Å². The number of halogens is 2. The Morgan fingerprint density at radius 3 is 2.53 bits per heavy atom. The zero-order valence-corrected chi connectivity index (χ0v) is 20.6. The lowest BCUT2D eigenvalue weighted by Crippen LogP contribution is -2.23. The highest BCUT2D eigenvalue weighted by atomic mass is 32.2. The van der Waals surface area contributed by atoms with Crippen LogP contribution in [-0.2, 0) is 19.4 Å². The van der Waals surface area contributed by atoms with Crippen LogP contribution in [0.1, 0.15) is 35.7 Å². The van der Waals surface area contributed by atoms with E-state index in [4.69, 9.17) is 4.74 Å². The highest BCUT2D eigenvalue weighted by molar-refractivity contribution is 7.90. The first kappa shape index (κ1) is 26.7. The lowest BCUT2D eigenvalue weighted by Gasteiger charge is -2.13. The Morgan fingerprint density at radius 2 is 1.89 bits per heavy atom. The number of rotatable bonds is 9. The highest BCUT2D eigenvalue weighted by Gasteiger charge is 2.22. The molecule has 2 aromatic heterocycles. The molecule has 0 aliphatic heterocycles. The molecule has 0 spiro atoms. The first-order chi connectivity index (χ1) is 16.9. The summed E-state index contributed by atoms with van der Waals surface area (Å²) >= 11 is 0. The number of aromatic nitrogens is 3. The molecule has 1 aromatic carbocycles. The van der Waals surface area contributed by atoms with Crippen molar-refractivity contribution in [2.24, 2.45) is 0 Å². The molecule has 0 saturated carbocycles. The third-order valence-corrected chi connectivity index (χ3v) is 5.77. The van der Waals surface area contributed by atoms with E-state index >= 15 is 0 Å². The van der Waals surface area contributed by atoms with E-state index in [1.165, 1.54) is 24.1 Å². The van der Waals surface area contributed by atoms with Crippen LogP contribution >= 0.6 is 0 Å². The number of hydrogen-bond donors (Lipinski definition) is 3. The van der Waals surface area contributed by atoms with Crippen molar-refractivity contribution < 1.29 is 36.4 Å². The molecule has 194 valence electrons. The number of nitrogens with one attached hydrogen (secondary N) is 3. The third kappa shape index (κ3) is 6.23. The van der Waals surface area contributed by atoms with Crippen LogP contribution in [0.3, 0.4) is 0 Å². The van der Waals surface area contributed by atoms with Crippen molar-refractivity contribution in [1.82, 2.24) is 20.1 Å². The van der Waals surface area contributed by atoms with Gasteiger partial charge >= 0.3 is 6.09 Å². The zero-order valence-electron chi connectivity index (χ0n) is 19.8. The Labute approximate surface area is 204 Å². The molecule has 0 saturated heterocycles. The van der Waals surface area contributed by atoms with Crippen molar-refractivity contribution in [3.63, 3.8) is 0 Å². The van der Waals surface area contributed by atoms with Gasteiger partial charge in [-0.1, -0.05) is 13.8 Å². The predicted molar refractivity (Wildman–Crippen MR) is 126 cm³/mol. The molecule has 12 nitrogen and oxygen atoms in total. The molecule has 0 bridgehead atoms. The molecule has 0 atom stereocenters. The fourth-order valence-corrected chi connectivity index (χ4v) is 3.72. The number of carbonyl (C=O) groups excluding carboxylic acids is 2. The topological polar surface area (TPSA) is 153 Å². The van der Waals surface area contributed by atoms with Crippen molar-refractivity contribution >= 4 is 44.5 Å². The van der Waals surface area contributed by atoms with Crippen molar-refractivity contribution in [3.05, 3.63) is 47.4 Å². The molecule has 3 aromatic rings. The van der Waals surface area contributed by atoms with Crippen molar-refractivity contribution in [3.8, 4) is 0 Å². The number of hydroxylamine groups is 1. The highest BCUT2D eigenvalue weighted by Crippen LogP contribution is 2.35. The van der Waals surface area contributed by atoms with Crippen LogP contribution < -0.4 is 16.1 Å². The minimum absolute atomic E-state index is 0.107. The summed E-state index contributed by atoms with van der Waals surface area (Å²) in [6, 6.07) is 1.51. The molecule has 0 unspecified atom stereocenters. The van der Waals surface area contributed by atoms with E-state index in [2.05, 4.69) is 25.6 Å². The molecular formula is C21H24F2N6O6S. The average molecular weight is 527 g/mol. The van der Waals surface area contributed by atoms with Crippen molar-refractivity contribution in [1.29, 1.82) is 0 Å². The van der Waals surface area contributed by atoms with Crippen LogP contribution in [0.2, 0.25) is 0 Å². The fraction of sp³-hybridized carbons (Fsp3) is 0.333. The molecule has 3 N–H and O–H groups in total. The maximum atomic E-state index is 14.6. The molecule has 2 amide bonds. The predicted octanol–water partition coefficient (Wildman–Crippen LogP) is 2.76. The summed E-state index contributed by atoms with van der Waals surface area (Å²) in [7, 11) is -2.14. The van der Waals surface area contributed by atoms with E-state index in [0.717, 1.165) is 12.3 Å². The molecule has 0 radical (unpaired) electrons. The number of hydrogen-bond acceptors (Lipinski definition) is 9. The maximum absolute atomic E-state index is 14.6. The number of nitrogens with zero attached hydrogens (tertiary/aromatic N) is 3. The van der Waals surface area contributed by atoms with Gasteiger partial charge in [-0.15, -0.1) is 0 Å². The minimum atomic E-state index is -3.31. The van der Waals surface area contributed by atoms with Crippen LogP contribution in [0, 0.1) is 11.6 Å². The molecule has 0 aliphatic rings. The molecule has 0 aliphatic carbocycles. The fourth-order valence-electron chi connectivity index (χ4n) is 3.34. The quantitative estimate of drug-likeness (QED) is 0.357. The largest absolute Gasteiger partial charge is 0.448 e. The van der Waals surface area contributed by atoms with Crippen molar-refractivity contribution in [2.75, 3.05) is 36.4 Å². The Balaban J connectivity index is 1.97. The van der Waals surface area contributed by atoms with Gasteiger partial charge in [-0.05, 0) is 12.0 Å². The summed E-state index contributed by atoms with van der Waals surface area (Å²) in [6.45, 7) is 3.33. The van der Waals surface area contributed by atoms with E-state index in [1.54, 1.807) is 0 Å². The van der Waals surface area contributed by atoms with Crippen LogP contribution in [0.15, 0.2) is 24.7 Å². The summed E-state index contributed by atoms with van der Waals surface area (Å²) < 4.78 is 57.5. The second kappa shape index (κ2) is 10.8. The molecule has 36 heavy (non-hydrogen) atoms. The molecule has 2 heterocycles. The molecule has 0 fully saturated rings. The van der Waals surface area contributed by atoms with Crippen LogP contribution in [0.25, 0.3) is 5.52 Å². The number of fused-ring (bicyclic) bond motifs is 1. The number of sulfone groups is 1. The lowest BCUT2D eigenvalue weighted by molar-refractivity contribution is 0.0533. The summed E-state index contributed by atoms with van der Waals surface area (Å²) in [6.07, 6.45) is 2.80. The normalized spacial score (nSPS) is 11.5. The van der Waals surface area contributed by atoms with E-state index in [-0.39, 0.29) is 29.8 Å². The SMILES string of the molecule is CONC(=O)c1cc(Nc2ncnn3cc(NC(=O)OCCS(C)(=O)=O)c(C(C)C)c23)c(F)cc1F. The first-order valence-electron chi connectivity index (χ1n) is 10.5. The van der Waals surface area contributed by atoms with Gasteiger partial charge in [-0.2, -0.15) is 5.10 Å². The van der Waals surface area contributed by atoms with E-state index in [1.807, 2.05) is 19.3 Å². The second-order valence-electron chi connectivity index (χ2n) is 7.98. The van der Waals surface area contributed by atoms with Crippen LogP contribution in [0.5, 0.6) is 0 Å². The Bertz CT molecular complexity index is 1410. The summed E-state index contributed by atoms with van der Waals surface area (Å²) in [4.78, 5) is 32.9. The second-order valence-corrected chi connectivity index (χ2v) is 10.2. The van der Waals surface area contributed by atoms with Gasteiger partial charge in [-0.25, -0.2) is 37.0 Å². The summed E-state index contributed by atoms with van der Waals surface area (Å²) in [5, 5.41) is 9.42. The molecule has 3 rings (SSSR count). The molecular weight excluding hydrogens is 502 g/mol. The van der Waals surface area contributed by atoms with E-state index < -0.39 is 39.0 Å². The van der Waals surface area contributed by atoms with Gasteiger partial charge in [0.2, 0.25) is 0 Å². The van der Waals surface area contributed by atoms with Crippen molar-refractivity contribution in [2.45, 2.75) is 19.8 Å². The van der Waals surface area contributed by atoms with E-state index in [0.29, 0.717) is 22.8 Å². The Morgan fingerprint density at radius 1 is 1.17 bits per heavy atom. The van der Waals surface area contributed by atoms with Gasteiger partial charge in [0.05, 0.1) is 36.0 Å². The Hall–Kier alpha value is -3.85. The summed E-state index contributed by atoms with van der Waals surface area (Å²) in [5.74, 6) is -3.42. The smallest absolute Gasteiger partial charge is 0.411 e. The molecule has 15 heteroatoms. The summed E-state index contributed by atoms with van der Waals surface area (Å²) in [5.41, 5.74) is 2.48. The number of ether oxygens (including phenoxy) is 1. The van der Waals surface area contributed by atoms with Gasteiger partial charge in [-0.3, -0.25) is 14.9 Å². The first-order valence-corrected chi connectivity index (χ1v) is 12.5. The third-order valence-electron chi connectivity index (χ3n) is 4.86. The number of amides is 2. The monoisotopic (exact) mass is 526 g/mol. The number of benzene rings is 1. The standard InChI is InChI=1S/C21H24F2N6O6S/c1-11(2)17-16(27-21(31)35-5-6-36(4,32)33)9-29-18(17)19(24-10-25-29)26-15-7-12(20(30)28-34-3)13(22)8-14(15)23/h7-11H,5-6H2,1-4H3,(H,27,31)(H,28,30)(H,24,25,26). The van der Waals surface area contributed by atoms with Crippen LogP contribution in [-0.4, -0.2) is 60.7 Å². The van der Waals surface area contributed by atoms with E-state index in [9.17, 15) is 26.8 Å². The average Bonchev–Trinajstić information content (AvgIpc) is 3.13. The Kier molecular flexibility index (Phi) is 8.04. The lowest BCUT2D eigenvalue weighted by atomic mass is 10.0. The number of carbonyl (C=O) groups is 2. The zero-order chi connectivity index (χ0) is 26.6. The van der Waals surface area contributed by atoms with Gasteiger partial charge in [0, 0.05) is 17.9 Å². The number of anilines is 3. The van der Waals surface area contributed by atoms with Gasteiger partial charge in [0.25, 0.3) is 5.91 Å². The van der Waals surface area contributed by atoms with Crippen LogP contribution in [0.4, 0.5) is 30.8 Å².